The van der Waals surface area contributed by atoms with E-state index >= 15 is 0 Å². The molecule has 0 radical (unpaired) electrons. The number of rotatable bonds is 4. The lowest BCUT2D eigenvalue weighted by Crippen LogP contribution is -2.41. The molecule has 0 saturated carbocycles. The van der Waals surface area contributed by atoms with Crippen molar-refractivity contribution in [1.82, 2.24) is 0 Å². The highest BCUT2D eigenvalue weighted by molar-refractivity contribution is 6.74. The van der Waals surface area contributed by atoms with E-state index < -0.39 is 36.6 Å². The van der Waals surface area contributed by atoms with Gasteiger partial charge in [0, 0.05) is 0 Å². The van der Waals surface area contributed by atoms with E-state index in [0.717, 1.165) is 22.9 Å². The molecule has 152 valence electrons. The van der Waals surface area contributed by atoms with Gasteiger partial charge in [0.15, 0.2) is 0 Å². The SMILES string of the molecule is CC/C(B1OC(C)(C)C(C)(C)O1)=C(\B1OC(C)(C)C(C)(C)O1)c1ccccc1. The standard InChI is InChI=1S/C22H34B2O4/c1-10-17(23-25-19(2,3)20(4,5)26-23)18(16-14-12-11-13-15-16)24-27-21(6,7)22(8,9)28-24/h11-15H,10H2,1-9H3/b18-17+. The summed E-state index contributed by atoms with van der Waals surface area (Å²) in [6.07, 6.45) is 0.783. The molecule has 6 heteroatoms. The third-order valence-corrected chi connectivity index (χ3v) is 6.84. The average molecular weight is 384 g/mol. The van der Waals surface area contributed by atoms with Gasteiger partial charge in [-0.1, -0.05) is 37.3 Å². The number of allylic oxidation sites excluding steroid dienone is 1. The second-order valence-corrected chi connectivity index (χ2v) is 9.83. The molecule has 2 aliphatic rings. The van der Waals surface area contributed by atoms with Gasteiger partial charge in [0.05, 0.1) is 22.4 Å². The van der Waals surface area contributed by atoms with Gasteiger partial charge in [-0.05, 0) is 78.3 Å². The summed E-state index contributed by atoms with van der Waals surface area (Å²) >= 11 is 0. The Kier molecular flexibility index (Phi) is 5.42. The molecule has 0 aliphatic carbocycles. The molecule has 2 aliphatic heterocycles. The van der Waals surface area contributed by atoms with Crippen molar-refractivity contribution >= 4 is 19.7 Å². The predicted molar refractivity (Wildman–Crippen MR) is 116 cm³/mol. The molecule has 0 unspecified atom stereocenters. The molecule has 3 rings (SSSR count). The van der Waals surface area contributed by atoms with E-state index in [2.05, 4.69) is 74.4 Å². The lowest BCUT2D eigenvalue weighted by atomic mass is 9.61. The van der Waals surface area contributed by atoms with Crippen LogP contribution < -0.4 is 0 Å². The first-order valence-corrected chi connectivity index (χ1v) is 10.3. The van der Waals surface area contributed by atoms with Gasteiger partial charge in [-0.25, -0.2) is 0 Å². The van der Waals surface area contributed by atoms with Crippen molar-refractivity contribution in [1.29, 1.82) is 0 Å². The lowest BCUT2D eigenvalue weighted by Gasteiger charge is -2.32. The number of hydrogen-bond donors (Lipinski definition) is 0. The number of hydrogen-bond acceptors (Lipinski definition) is 4. The smallest absolute Gasteiger partial charge is 0.400 e. The van der Waals surface area contributed by atoms with Gasteiger partial charge >= 0.3 is 14.2 Å². The minimum atomic E-state index is -0.471. The maximum atomic E-state index is 6.44. The fourth-order valence-electron chi connectivity index (χ4n) is 3.52. The van der Waals surface area contributed by atoms with Gasteiger partial charge in [0.1, 0.15) is 0 Å². The van der Waals surface area contributed by atoms with E-state index in [0.29, 0.717) is 0 Å². The van der Waals surface area contributed by atoms with Crippen molar-refractivity contribution in [2.75, 3.05) is 0 Å². The Morgan fingerprint density at radius 1 is 0.679 bits per heavy atom. The van der Waals surface area contributed by atoms with Gasteiger partial charge in [0.2, 0.25) is 0 Å². The highest BCUT2D eigenvalue weighted by Crippen LogP contribution is 2.44. The summed E-state index contributed by atoms with van der Waals surface area (Å²) < 4.78 is 25.7. The quantitative estimate of drug-likeness (QED) is 0.676. The molecule has 0 spiro atoms. The third-order valence-electron chi connectivity index (χ3n) is 6.84. The third kappa shape index (κ3) is 3.60. The maximum Gasteiger partial charge on any atom is 0.494 e. The molecule has 28 heavy (non-hydrogen) atoms. The van der Waals surface area contributed by atoms with Crippen molar-refractivity contribution in [3.63, 3.8) is 0 Å². The van der Waals surface area contributed by atoms with Crippen LogP contribution in [0.3, 0.4) is 0 Å². The maximum absolute atomic E-state index is 6.44. The summed E-state index contributed by atoms with van der Waals surface area (Å²) in [5.74, 6) is 0. The Labute approximate surface area is 171 Å². The molecule has 2 saturated heterocycles. The van der Waals surface area contributed by atoms with Crippen LogP contribution in [0.4, 0.5) is 0 Å². The van der Waals surface area contributed by atoms with Gasteiger partial charge in [0.25, 0.3) is 0 Å². The molecule has 0 amide bonds. The largest absolute Gasteiger partial charge is 0.494 e. The van der Waals surface area contributed by atoms with E-state index in [1.165, 1.54) is 0 Å². The molecular weight excluding hydrogens is 350 g/mol. The van der Waals surface area contributed by atoms with Crippen molar-refractivity contribution < 1.29 is 18.6 Å². The van der Waals surface area contributed by atoms with Gasteiger partial charge in [-0.3, -0.25) is 0 Å². The Balaban J connectivity index is 2.11. The fraction of sp³-hybridized carbons (Fsp3) is 0.636. The molecular formula is C22H34B2O4. The fourth-order valence-corrected chi connectivity index (χ4v) is 3.52. The summed E-state index contributed by atoms with van der Waals surface area (Å²) in [4.78, 5) is 0. The molecule has 2 heterocycles. The van der Waals surface area contributed by atoms with Crippen LogP contribution in [0.25, 0.3) is 5.47 Å². The van der Waals surface area contributed by atoms with Crippen molar-refractivity contribution in [2.45, 2.75) is 91.1 Å². The zero-order chi connectivity index (χ0) is 21.0. The first-order chi connectivity index (χ1) is 12.8. The van der Waals surface area contributed by atoms with E-state index in [4.69, 9.17) is 18.6 Å². The minimum Gasteiger partial charge on any atom is -0.400 e. The molecule has 4 nitrogen and oxygen atoms in total. The van der Waals surface area contributed by atoms with Crippen LogP contribution in [0.15, 0.2) is 35.8 Å². The predicted octanol–water partition coefficient (Wildman–Crippen LogP) is 5.11. The van der Waals surface area contributed by atoms with E-state index in [-0.39, 0.29) is 0 Å². The molecule has 0 N–H and O–H groups in total. The zero-order valence-corrected chi connectivity index (χ0v) is 18.9. The second kappa shape index (κ2) is 7.02. The second-order valence-electron chi connectivity index (χ2n) is 9.83. The Morgan fingerprint density at radius 2 is 1.07 bits per heavy atom. The zero-order valence-electron chi connectivity index (χ0n) is 18.9. The molecule has 1 aromatic carbocycles. The van der Waals surface area contributed by atoms with Crippen LogP contribution in [0, 0.1) is 0 Å². The molecule has 2 fully saturated rings. The average Bonchev–Trinajstić information content (AvgIpc) is 2.92. The minimum absolute atomic E-state index is 0.393. The lowest BCUT2D eigenvalue weighted by molar-refractivity contribution is 0.00578. The first kappa shape index (κ1) is 21.6. The molecule has 0 atom stereocenters. The van der Waals surface area contributed by atoms with E-state index in [1.54, 1.807) is 0 Å². The van der Waals surface area contributed by atoms with Gasteiger partial charge in [-0.2, -0.15) is 0 Å². The topological polar surface area (TPSA) is 36.9 Å². The van der Waals surface area contributed by atoms with E-state index in [9.17, 15) is 0 Å². The van der Waals surface area contributed by atoms with Gasteiger partial charge < -0.3 is 18.6 Å². The summed E-state index contributed by atoms with van der Waals surface area (Å²) in [7, 11) is -0.898. The van der Waals surface area contributed by atoms with Crippen molar-refractivity contribution in [3.05, 3.63) is 41.4 Å². The number of benzene rings is 1. The Hall–Kier alpha value is -1.07. The monoisotopic (exact) mass is 384 g/mol. The van der Waals surface area contributed by atoms with Gasteiger partial charge in [-0.15, -0.1) is 0 Å². The van der Waals surface area contributed by atoms with Crippen LogP contribution in [-0.2, 0) is 18.6 Å². The Bertz CT molecular complexity index is 721. The molecule has 0 aromatic heterocycles. The summed E-state index contributed by atoms with van der Waals surface area (Å²) in [5.41, 5.74) is 1.56. The molecule has 0 bridgehead atoms. The molecule has 1 aromatic rings. The van der Waals surface area contributed by atoms with Crippen molar-refractivity contribution in [3.8, 4) is 0 Å². The van der Waals surface area contributed by atoms with Crippen molar-refractivity contribution in [2.24, 2.45) is 0 Å². The normalized spacial score (nSPS) is 25.8. The Morgan fingerprint density at radius 3 is 1.46 bits per heavy atom. The first-order valence-electron chi connectivity index (χ1n) is 10.3. The summed E-state index contributed by atoms with van der Waals surface area (Å²) in [5, 5.41) is 0. The highest BCUT2D eigenvalue weighted by Gasteiger charge is 2.56. The van der Waals surface area contributed by atoms with Crippen LogP contribution in [0.5, 0.6) is 0 Å². The summed E-state index contributed by atoms with van der Waals surface area (Å²) in [6.45, 7) is 18.8. The summed E-state index contributed by atoms with van der Waals surface area (Å²) in [6, 6.07) is 10.3. The van der Waals surface area contributed by atoms with Crippen LogP contribution >= 0.6 is 0 Å². The van der Waals surface area contributed by atoms with E-state index in [1.807, 2.05) is 18.2 Å². The van der Waals surface area contributed by atoms with Crippen LogP contribution in [-0.4, -0.2) is 36.6 Å². The highest BCUT2D eigenvalue weighted by atomic mass is 16.7. The van der Waals surface area contributed by atoms with Crippen LogP contribution in [0.2, 0.25) is 0 Å². The van der Waals surface area contributed by atoms with Crippen LogP contribution in [0.1, 0.15) is 74.3 Å².